The highest BCUT2D eigenvalue weighted by molar-refractivity contribution is 9.10. The van der Waals surface area contributed by atoms with Crippen molar-refractivity contribution in [3.63, 3.8) is 0 Å². The van der Waals surface area contributed by atoms with E-state index in [0.29, 0.717) is 11.5 Å². The van der Waals surface area contributed by atoms with Gasteiger partial charge in [-0.15, -0.1) is 0 Å². The molecular formula is C17H17BrN2O. The standard InChI is InChI=1S/C17H17BrN2O/c1-10-2-7-13-14(8-10)16(21-17(20)15(13)9-19)11-3-5-12(18)6-4-11/h3-6,10,16H,2,7-8,20H2,1H3. The van der Waals surface area contributed by atoms with Gasteiger partial charge in [-0.25, -0.2) is 0 Å². The lowest BCUT2D eigenvalue weighted by Crippen LogP contribution is -2.24. The molecule has 0 saturated heterocycles. The Morgan fingerprint density at radius 2 is 2.05 bits per heavy atom. The van der Waals surface area contributed by atoms with Gasteiger partial charge in [0.1, 0.15) is 17.7 Å². The summed E-state index contributed by atoms with van der Waals surface area (Å²) in [6.07, 6.45) is 2.82. The second kappa shape index (κ2) is 5.57. The van der Waals surface area contributed by atoms with Crippen LogP contribution in [0.25, 0.3) is 0 Å². The fourth-order valence-corrected chi connectivity index (χ4v) is 3.40. The van der Waals surface area contributed by atoms with E-state index < -0.39 is 0 Å². The molecule has 3 rings (SSSR count). The second-order valence-electron chi connectivity index (χ2n) is 5.75. The monoisotopic (exact) mass is 344 g/mol. The van der Waals surface area contributed by atoms with Gasteiger partial charge in [-0.2, -0.15) is 5.26 Å². The summed E-state index contributed by atoms with van der Waals surface area (Å²) in [6.45, 7) is 2.25. The van der Waals surface area contributed by atoms with Crippen molar-refractivity contribution in [2.24, 2.45) is 11.7 Å². The molecule has 0 spiro atoms. The number of hydrogen-bond acceptors (Lipinski definition) is 3. The van der Waals surface area contributed by atoms with Crippen LogP contribution in [0.5, 0.6) is 0 Å². The van der Waals surface area contributed by atoms with Crippen LogP contribution in [0, 0.1) is 17.2 Å². The summed E-state index contributed by atoms with van der Waals surface area (Å²) in [5.74, 6) is 0.878. The first-order valence-electron chi connectivity index (χ1n) is 7.14. The van der Waals surface area contributed by atoms with Gasteiger partial charge in [0.25, 0.3) is 0 Å². The van der Waals surface area contributed by atoms with Crippen LogP contribution >= 0.6 is 15.9 Å². The Morgan fingerprint density at radius 1 is 1.33 bits per heavy atom. The van der Waals surface area contributed by atoms with E-state index in [4.69, 9.17) is 10.5 Å². The zero-order valence-corrected chi connectivity index (χ0v) is 13.5. The quantitative estimate of drug-likeness (QED) is 0.824. The van der Waals surface area contributed by atoms with Gasteiger partial charge in [0.05, 0.1) is 0 Å². The van der Waals surface area contributed by atoms with E-state index in [9.17, 15) is 5.26 Å². The van der Waals surface area contributed by atoms with Crippen molar-refractivity contribution in [2.75, 3.05) is 0 Å². The second-order valence-corrected chi connectivity index (χ2v) is 6.67. The predicted molar refractivity (Wildman–Crippen MR) is 84.8 cm³/mol. The van der Waals surface area contributed by atoms with Crippen molar-refractivity contribution in [1.82, 2.24) is 0 Å². The minimum Gasteiger partial charge on any atom is -0.466 e. The summed E-state index contributed by atoms with van der Waals surface area (Å²) in [5, 5.41) is 9.35. The lowest BCUT2D eigenvalue weighted by atomic mass is 9.77. The summed E-state index contributed by atoms with van der Waals surface area (Å²) in [6, 6.07) is 10.3. The van der Waals surface area contributed by atoms with Gasteiger partial charge in [-0.1, -0.05) is 35.0 Å². The van der Waals surface area contributed by atoms with E-state index in [1.165, 1.54) is 5.57 Å². The molecule has 1 aliphatic heterocycles. The Balaban J connectivity index is 2.07. The largest absolute Gasteiger partial charge is 0.466 e. The number of allylic oxidation sites excluding steroid dienone is 2. The Hall–Kier alpha value is -1.73. The molecule has 0 aromatic heterocycles. The molecule has 1 aliphatic carbocycles. The summed E-state index contributed by atoms with van der Waals surface area (Å²) in [5.41, 5.74) is 9.92. The lowest BCUT2D eigenvalue weighted by Gasteiger charge is -2.34. The Labute approximate surface area is 133 Å². The normalized spacial score (nSPS) is 25.2. The molecule has 0 radical (unpaired) electrons. The van der Waals surface area contributed by atoms with E-state index in [1.54, 1.807) is 0 Å². The highest BCUT2D eigenvalue weighted by Gasteiger charge is 2.33. The minimum absolute atomic E-state index is 0.159. The molecule has 2 unspecified atom stereocenters. The number of nitrogens with zero attached hydrogens (tertiary/aromatic N) is 1. The maximum Gasteiger partial charge on any atom is 0.203 e. The molecule has 4 heteroatoms. The molecule has 0 fully saturated rings. The number of rotatable bonds is 1. The molecule has 0 saturated carbocycles. The van der Waals surface area contributed by atoms with Crippen LogP contribution in [-0.4, -0.2) is 0 Å². The third-order valence-corrected chi connectivity index (χ3v) is 4.77. The third-order valence-electron chi connectivity index (χ3n) is 4.24. The van der Waals surface area contributed by atoms with Crippen LogP contribution in [0.15, 0.2) is 51.3 Å². The molecule has 1 aromatic rings. The van der Waals surface area contributed by atoms with Crippen LogP contribution in [0.1, 0.15) is 37.9 Å². The van der Waals surface area contributed by atoms with E-state index in [0.717, 1.165) is 34.9 Å². The van der Waals surface area contributed by atoms with Crippen LogP contribution < -0.4 is 5.73 Å². The summed E-state index contributed by atoms with van der Waals surface area (Å²) < 4.78 is 6.93. The average molecular weight is 345 g/mol. The van der Waals surface area contributed by atoms with Crippen LogP contribution in [0.2, 0.25) is 0 Å². The fraction of sp³-hybridized carbons (Fsp3) is 0.353. The first kappa shape index (κ1) is 14.2. The van der Waals surface area contributed by atoms with Crippen molar-refractivity contribution in [3.05, 3.63) is 56.9 Å². The van der Waals surface area contributed by atoms with Crippen molar-refractivity contribution >= 4 is 15.9 Å². The minimum atomic E-state index is -0.159. The maximum atomic E-state index is 9.35. The Morgan fingerprint density at radius 3 is 2.71 bits per heavy atom. The highest BCUT2D eigenvalue weighted by Crippen LogP contribution is 2.45. The molecule has 0 amide bonds. The smallest absolute Gasteiger partial charge is 0.203 e. The predicted octanol–water partition coefficient (Wildman–Crippen LogP) is 4.33. The van der Waals surface area contributed by atoms with E-state index in [-0.39, 0.29) is 12.0 Å². The zero-order valence-electron chi connectivity index (χ0n) is 11.9. The molecule has 3 nitrogen and oxygen atoms in total. The molecule has 1 heterocycles. The molecule has 2 aliphatic rings. The van der Waals surface area contributed by atoms with Gasteiger partial charge in [0.15, 0.2) is 0 Å². The summed E-state index contributed by atoms with van der Waals surface area (Å²) in [7, 11) is 0. The van der Waals surface area contributed by atoms with Crippen molar-refractivity contribution in [1.29, 1.82) is 5.26 Å². The van der Waals surface area contributed by atoms with Crippen LogP contribution in [-0.2, 0) is 4.74 Å². The molecule has 108 valence electrons. The molecule has 1 aromatic carbocycles. The van der Waals surface area contributed by atoms with E-state index in [1.807, 2.05) is 24.3 Å². The highest BCUT2D eigenvalue weighted by atomic mass is 79.9. The first-order valence-corrected chi connectivity index (χ1v) is 7.93. The number of hydrogen-bond donors (Lipinski definition) is 1. The van der Waals surface area contributed by atoms with Crippen LogP contribution in [0.3, 0.4) is 0 Å². The molecule has 2 atom stereocenters. The molecule has 2 N–H and O–H groups in total. The van der Waals surface area contributed by atoms with Gasteiger partial charge >= 0.3 is 0 Å². The Bertz CT molecular complexity index is 667. The fourth-order valence-electron chi connectivity index (χ4n) is 3.14. The van der Waals surface area contributed by atoms with Crippen molar-refractivity contribution in [2.45, 2.75) is 32.3 Å². The number of nitrogens with two attached hydrogens (primary N) is 1. The number of benzene rings is 1. The average Bonchev–Trinajstić information content (AvgIpc) is 2.48. The van der Waals surface area contributed by atoms with Crippen LogP contribution in [0.4, 0.5) is 0 Å². The van der Waals surface area contributed by atoms with Gasteiger partial charge in [0.2, 0.25) is 5.88 Å². The topological polar surface area (TPSA) is 59.0 Å². The van der Waals surface area contributed by atoms with Crippen molar-refractivity contribution in [3.8, 4) is 6.07 Å². The Kier molecular flexibility index (Phi) is 3.77. The SMILES string of the molecule is CC1CCC2=C(C1)C(c1ccc(Br)cc1)OC(N)=C2C#N. The zero-order chi connectivity index (χ0) is 15.0. The van der Waals surface area contributed by atoms with Gasteiger partial charge in [-0.05, 0) is 54.0 Å². The number of nitriles is 1. The van der Waals surface area contributed by atoms with Gasteiger partial charge in [-0.3, -0.25) is 0 Å². The number of ether oxygens (including phenoxy) is 1. The van der Waals surface area contributed by atoms with Gasteiger partial charge in [0, 0.05) is 4.47 Å². The molecule has 0 bridgehead atoms. The third kappa shape index (κ3) is 2.58. The number of halogens is 1. The summed E-state index contributed by atoms with van der Waals surface area (Å²) >= 11 is 3.45. The lowest BCUT2D eigenvalue weighted by molar-refractivity contribution is 0.126. The molecular weight excluding hydrogens is 328 g/mol. The van der Waals surface area contributed by atoms with E-state index in [2.05, 4.69) is 28.9 Å². The van der Waals surface area contributed by atoms with Crippen molar-refractivity contribution < 1.29 is 4.74 Å². The summed E-state index contributed by atoms with van der Waals surface area (Å²) in [4.78, 5) is 0. The molecule has 21 heavy (non-hydrogen) atoms. The van der Waals surface area contributed by atoms with E-state index >= 15 is 0 Å². The first-order chi connectivity index (χ1) is 10.1. The van der Waals surface area contributed by atoms with Gasteiger partial charge < -0.3 is 10.5 Å². The maximum absolute atomic E-state index is 9.35.